The predicted octanol–water partition coefficient (Wildman–Crippen LogP) is 3.40. The smallest absolute Gasteiger partial charge is 0.408 e. The Kier molecular flexibility index (Phi) is 6.36. The molecule has 2 aliphatic rings. The average Bonchev–Trinajstić information content (AvgIpc) is 3.41. The number of likely N-dealkylation sites (N-methyl/N-ethyl adjacent to an activating group) is 1. The molecule has 1 fully saturated rings. The minimum absolute atomic E-state index is 0.0395. The van der Waals surface area contributed by atoms with E-state index in [1.165, 1.54) is 18.7 Å². The molecule has 2 amide bonds. The Morgan fingerprint density at radius 1 is 1.12 bits per heavy atom. The van der Waals surface area contributed by atoms with E-state index < -0.39 is 29.0 Å². The largest absolute Gasteiger partial charge is 0.480 e. The topological polar surface area (TPSA) is 105 Å². The van der Waals surface area contributed by atoms with Gasteiger partial charge < -0.3 is 24.8 Å². The number of benzene rings is 2. The molecule has 1 aliphatic carbocycles. The Hall–Kier alpha value is -3.39. The van der Waals surface area contributed by atoms with Crippen LogP contribution in [0.25, 0.3) is 11.1 Å². The normalized spacial score (nSPS) is 19.3. The number of aliphatic carboxylic acids is 1. The van der Waals surface area contributed by atoms with Crippen LogP contribution >= 0.6 is 0 Å². The Bertz CT molecular complexity index is 1060. The molecule has 8 heteroatoms. The highest BCUT2D eigenvalue weighted by Crippen LogP contribution is 2.44. The van der Waals surface area contributed by atoms with Gasteiger partial charge in [0, 0.05) is 25.5 Å². The molecule has 1 unspecified atom stereocenters. The van der Waals surface area contributed by atoms with Gasteiger partial charge in [-0.25, -0.2) is 9.59 Å². The van der Waals surface area contributed by atoms with Crippen molar-refractivity contribution in [1.29, 1.82) is 0 Å². The maximum absolute atomic E-state index is 13.5. The first-order chi connectivity index (χ1) is 16.2. The highest BCUT2D eigenvalue weighted by molar-refractivity contribution is 5.94. The van der Waals surface area contributed by atoms with Crippen LogP contribution < -0.4 is 5.32 Å². The molecular formula is C26H30N2O6. The predicted molar refractivity (Wildman–Crippen MR) is 125 cm³/mol. The zero-order valence-corrected chi connectivity index (χ0v) is 19.7. The quantitative estimate of drug-likeness (QED) is 0.648. The Labute approximate surface area is 198 Å². The number of carbonyl (C=O) groups excluding carboxylic acids is 2. The van der Waals surface area contributed by atoms with Crippen LogP contribution in [0, 0.1) is 0 Å². The molecule has 0 bridgehead atoms. The third kappa shape index (κ3) is 4.03. The van der Waals surface area contributed by atoms with E-state index in [9.17, 15) is 19.5 Å². The zero-order valence-electron chi connectivity index (χ0n) is 19.7. The minimum Gasteiger partial charge on any atom is -0.480 e. The van der Waals surface area contributed by atoms with Crippen molar-refractivity contribution in [3.63, 3.8) is 0 Å². The molecule has 1 atom stereocenters. The number of alkyl carbamates (subject to hydrolysis) is 1. The summed E-state index contributed by atoms with van der Waals surface area (Å²) in [4.78, 5) is 39.4. The Morgan fingerprint density at radius 3 is 2.21 bits per heavy atom. The molecule has 1 heterocycles. The standard InChI is InChI=1S/C26H30N2O6/c1-4-28(25(2,3)23(30)31)22(29)26(13-14-33-16-26)27-24(32)34-15-21-19-11-7-5-9-17(19)18-10-6-8-12-20(18)21/h5-12,21H,4,13-16H2,1-3H3,(H,27,32)(H,30,31). The van der Waals surface area contributed by atoms with E-state index in [2.05, 4.69) is 17.4 Å². The summed E-state index contributed by atoms with van der Waals surface area (Å²) in [7, 11) is 0. The lowest BCUT2D eigenvalue weighted by Gasteiger charge is -2.40. The molecule has 34 heavy (non-hydrogen) atoms. The van der Waals surface area contributed by atoms with Crippen molar-refractivity contribution in [3.8, 4) is 11.1 Å². The molecule has 1 saturated heterocycles. The highest BCUT2D eigenvalue weighted by Gasteiger charge is 2.50. The van der Waals surface area contributed by atoms with Gasteiger partial charge in [-0.2, -0.15) is 0 Å². The van der Waals surface area contributed by atoms with Crippen molar-refractivity contribution in [3.05, 3.63) is 59.7 Å². The van der Waals surface area contributed by atoms with Crippen molar-refractivity contribution in [2.45, 2.75) is 44.2 Å². The SMILES string of the molecule is CCN(C(=O)C1(NC(=O)OCC2c3ccccc3-c3ccccc32)CCOC1)C(C)(C)C(=O)O. The van der Waals surface area contributed by atoms with Crippen LogP contribution in [-0.2, 0) is 19.1 Å². The summed E-state index contributed by atoms with van der Waals surface area (Å²) in [6.07, 6.45) is -0.493. The van der Waals surface area contributed by atoms with E-state index in [0.29, 0.717) is 0 Å². The van der Waals surface area contributed by atoms with Gasteiger partial charge in [0.2, 0.25) is 0 Å². The molecule has 0 aromatic heterocycles. The van der Waals surface area contributed by atoms with Crippen molar-refractivity contribution in [2.24, 2.45) is 0 Å². The molecule has 2 aromatic carbocycles. The first kappa shape index (κ1) is 23.8. The molecule has 2 N–H and O–H groups in total. The van der Waals surface area contributed by atoms with Crippen LogP contribution in [-0.4, -0.2) is 65.4 Å². The van der Waals surface area contributed by atoms with Gasteiger partial charge in [0.1, 0.15) is 17.7 Å². The fourth-order valence-corrected chi connectivity index (χ4v) is 4.88. The lowest BCUT2D eigenvalue weighted by atomic mass is 9.92. The van der Waals surface area contributed by atoms with E-state index in [1.54, 1.807) is 6.92 Å². The van der Waals surface area contributed by atoms with Crippen LogP contribution in [0.2, 0.25) is 0 Å². The maximum atomic E-state index is 13.5. The Balaban J connectivity index is 1.50. The van der Waals surface area contributed by atoms with Crippen LogP contribution in [0.1, 0.15) is 44.2 Å². The summed E-state index contributed by atoms with van der Waals surface area (Å²) in [6, 6.07) is 16.1. The number of nitrogens with one attached hydrogen (secondary N) is 1. The van der Waals surface area contributed by atoms with Crippen molar-refractivity contribution < 1.29 is 29.0 Å². The monoisotopic (exact) mass is 466 g/mol. The van der Waals surface area contributed by atoms with Gasteiger partial charge >= 0.3 is 12.1 Å². The Morgan fingerprint density at radius 2 is 1.71 bits per heavy atom. The summed E-state index contributed by atoms with van der Waals surface area (Å²) in [5.74, 6) is -1.73. The first-order valence-electron chi connectivity index (χ1n) is 11.5. The van der Waals surface area contributed by atoms with Gasteiger partial charge in [0.15, 0.2) is 0 Å². The zero-order chi connectivity index (χ0) is 24.5. The summed E-state index contributed by atoms with van der Waals surface area (Å²) >= 11 is 0. The van der Waals surface area contributed by atoms with Crippen LogP contribution in [0.5, 0.6) is 0 Å². The number of carboxylic acid groups (broad SMARTS) is 1. The number of fused-ring (bicyclic) bond motifs is 3. The summed E-state index contributed by atoms with van der Waals surface area (Å²) in [6.45, 7) is 5.17. The number of nitrogens with zero attached hydrogens (tertiary/aromatic N) is 1. The lowest BCUT2D eigenvalue weighted by Crippen LogP contribution is -2.65. The first-order valence-corrected chi connectivity index (χ1v) is 11.5. The van der Waals surface area contributed by atoms with Crippen molar-refractivity contribution in [1.82, 2.24) is 10.2 Å². The van der Waals surface area contributed by atoms with E-state index >= 15 is 0 Å². The maximum Gasteiger partial charge on any atom is 0.408 e. The molecular weight excluding hydrogens is 436 g/mol. The van der Waals surface area contributed by atoms with Crippen LogP contribution in [0.4, 0.5) is 4.79 Å². The van der Waals surface area contributed by atoms with Gasteiger partial charge in [-0.1, -0.05) is 48.5 Å². The summed E-state index contributed by atoms with van der Waals surface area (Å²) in [5.41, 5.74) is 1.61. The molecule has 0 spiro atoms. The number of amides is 2. The fourth-order valence-electron chi connectivity index (χ4n) is 4.88. The van der Waals surface area contributed by atoms with Gasteiger partial charge in [-0.15, -0.1) is 0 Å². The molecule has 180 valence electrons. The van der Waals surface area contributed by atoms with E-state index in [0.717, 1.165) is 22.3 Å². The second kappa shape index (κ2) is 9.10. The molecule has 0 saturated carbocycles. The second-order valence-electron chi connectivity index (χ2n) is 9.25. The molecule has 4 rings (SSSR count). The number of ether oxygens (including phenoxy) is 2. The average molecular weight is 467 g/mol. The molecule has 2 aromatic rings. The fraction of sp³-hybridized carbons (Fsp3) is 0.423. The third-order valence-corrected chi connectivity index (χ3v) is 6.88. The number of rotatable bonds is 7. The van der Waals surface area contributed by atoms with E-state index in [4.69, 9.17) is 9.47 Å². The number of hydrogen-bond donors (Lipinski definition) is 2. The second-order valence-corrected chi connectivity index (χ2v) is 9.25. The number of carbonyl (C=O) groups is 3. The third-order valence-electron chi connectivity index (χ3n) is 6.88. The highest BCUT2D eigenvalue weighted by atomic mass is 16.6. The van der Waals surface area contributed by atoms with Gasteiger partial charge in [-0.05, 0) is 43.0 Å². The summed E-state index contributed by atoms with van der Waals surface area (Å²) < 4.78 is 11.1. The van der Waals surface area contributed by atoms with E-state index in [1.807, 2.05) is 36.4 Å². The number of hydrogen-bond acceptors (Lipinski definition) is 5. The van der Waals surface area contributed by atoms with E-state index in [-0.39, 0.29) is 38.7 Å². The van der Waals surface area contributed by atoms with Gasteiger partial charge in [0.25, 0.3) is 5.91 Å². The van der Waals surface area contributed by atoms with Crippen LogP contribution in [0.3, 0.4) is 0 Å². The molecule has 0 radical (unpaired) electrons. The van der Waals surface area contributed by atoms with Crippen LogP contribution in [0.15, 0.2) is 48.5 Å². The molecule has 1 aliphatic heterocycles. The summed E-state index contributed by atoms with van der Waals surface area (Å²) in [5, 5.41) is 12.3. The van der Waals surface area contributed by atoms with Gasteiger partial charge in [0.05, 0.1) is 6.61 Å². The lowest BCUT2D eigenvalue weighted by molar-refractivity contribution is -0.159. The van der Waals surface area contributed by atoms with Crippen molar-refractivity contribution in [2.75, 3.05) is 26.4 Å². The minimum atomic E-state index is -1.44. The molecule has 8 nitrogen and oxygen atoms in total. The van der Waals surface area contributed by atoms with Gasteiger partial charge in [-0.3, -0.25) is 4.79 Å². The number of carboxylic acids is 1. The van der Waals surface area contributed by atoms with Crippen molar-refractivity contribution >= 4 is 18.0 Å².